The van der Waals surface area contributed by atoms with Gasteiger partial charge in [-0.05, 0) is 36.4 Å². The Morgan fingerprint density at radius 1 is 1.08 bits per heavy atom. The molecule has 0 N–H and O–H groups in total. The Balaban J connectivity index is 1.40. The highest BCUT2D eigenvalue weighted by atomic mass is 32.2. The maximum Gasteiger partial charge on any atom is 0.257 e. The SMILES string of the molecule is Fc1ccc(-c2nc(CSc3nnc4sc5ccccc5n34)no2)cc1. The molecule has 0 unspecified atom stereocenters. The summed E-state index contributed by atoms with van der Waals surface area (Å²) < 4.78 is 21.5. The average molecular weight is 383 g/mol. The number of rotatable bonds is 4. The molecule has 6 nitrogen and oxygen atoms in total. The summed E-state index contributed by atoms with van der Waals surface area (Å²) in [6.07, 6.45) is 0. The molecule has 3 aromatic heterocycles. The van der Waals surface area contributed by atoms with Crippen molar-refractivity contribution in [1.82, 2.24) is 24.7 Å². The molecule has 128 valence electrons. The lowest BCUT2D eigenvalue weighted by molar-refractivity contribution is 0.425. The van der Waals surface area contributed by atoms with E-state index in [2.05, 4.69) is 26.4 Å². The number of thiazole rings is 1. The van der Waals surface area contributed by atoms with E-state index in [1.165, 1.54) is 23.9 Å². The number of aromatic nitrogens is 5. The molecule has 0 amide bonds. The van der Waals surface area contributed by atoms with Crippen LogP contribution in [0.5, 0.6) is 0 Å². The first-order valence-corrected chi connectivity index (χ1v) is 9.52. The third kappa shape index (κ3) is 2.65. The van der Waals surface area contributed by atoms with Crippen LogP contribution in [0.3, 0.4) is 0 Å². The highest BCUT2D eigenvalue weighted by Gasteiger charge is 2.15. The van der Waals surface area contributed by atoms with Gasteiger partial charge in [0.05, 0.1) is 16.0 Å². The van der Waals surface area contributed by atoms with E-state index < -0.39 is 0 Å². The number of nitrogens with zero attached hydrogens (tertiary/aromatic N) is 5. The lowest BCUT2D eigenvalue weighted by Gasteiger charge is -1.96. The highest BCUT2D eigenvalue weighted by Crippen LogP contribution is 2.30. The number of fused-ring (bicyclic) bond motifs is 3. The first-order chi connectivity index (χ1) is 12.8. The van der Waals surface area contributed by atoms with Gasteiger partial charge in [-0.3, -0.25) is 4.40 Å². The van der Waals surface area contributed by atoms with Crippen molar-refractivity contribution in [2.75, 3.05) is 0 Å². The van der Waals surface area contributed by atoms with Crippen LogP contribution >= 0.6 is 23.1 Å². The van der Waals surface area contributed by atoms with E-state index >= 15 is 0 Å². The number of benzene rings is 2. The van der Waals surface area contributed by atoms with Crippen LogP contribution in [0.4, 0.5) is 4.39 Å². The van der Waals surface area contributed by atoms with Gasteiger partial charge in [0.2, 0.25) is 4.96 Å². The Bertz CT molecular complexity index is 1210. The molecule has 5 aromatic rings. The van der Waals surface area contributed by atoms with Crippen LogP contribution in [-0.4, -0.2) is 24.7 Å². The van der Waals surface area contributed by atoms with Crippen molar-refractivity contribution >= 4 is 38.3 Å². The third-order valence-electron chi connectivity index (χ3n) is 3.80. The van der Waals surface area contributed by atoms with E-state index in [4.69, 9.17) is 4.52 Å². The summed E-state index contributed by atoms with van der Waals surface area (Å²) in [5.41, 5.74) is 1.77. The predicted molar refractivity (Wildman–Crippen MR) is 97.6 cm³/mol. The molecule has 3 heterocycles. The van der Waals surface area contributed by atoms with Gasteiger partial charge in [0.1, 0.15) is 5.82 Å². The molecule has 5 rings (SSSR count). The van der Waals surface area contributed by atoms with Gasteiger partial charge >= 0.3 is 0 Å². The van der Waals surface area contributed by atoms with Gasteiger partial charge in [-0.1, -0.05) is 40.4 Å². The minimum Gasteiger partial charge on any atom is -0.334 e. The molecule has 0 bridgehead atoms. The van der Waals surface area contributed by atoms with Crippen molar-refractivity contribution in [3.63, 3.8) is 0 Å². The second kappa shape index (κ2) is 6.19. The minimum atomic E-state index is -0.303. The van der Waals surface area contributed by atoms with Gasteiger partial charge in [-0.25, -0.2) is 4.39 Å². The molecule has 0 saturated heterocycles. The molecular weight excluding hydrogens is 373 g/mol. The molecule has 0 fully saturated rings. The monoisotopic (exact) mass is 383 g/mol. The molecule has 0 saturated carbocycles. The quantitative estimate of drug-likeness (QED) is 0.428. The Morgan fingerprint density at radius 2 is 1.92 bits per heavy atom. The Labute approximate surface area is 154 Å². The van der Waals surface area contributed by atoms with E-state index in [1.807, 2.05) is 22.6 Å². The Hall–Kier alpha value is -2.78. The second-order valence-electron chi connectivity index (χ2n) is 5.48. The molecule has 0 aliphatic heterocycles. The first kappa shape index (κ1) is 15.5. The Morgan fingerprint density at radius 3 is 2.81 bits per heavy atom. The van der Waals surface area contributed by atoms with Gasteiger partial charge in [0.15, 0.2) is 11.0 Å². The molecule has 0 aliphatic carbocycles. The summed E-state index contributed by atoms with van der Waals surface area (Å²) in [5.74, 6) is 1.11. The third-order valence-corrected chi connectivity index (χ3v) is 5.74. The molecule has 0 radical (unpaired) electrons. The largest absolute Gasteiger partial charge is 0.334 e. The van der Waals surface area contributed by atoms with E-state index in [1.54, 1.807) is 23.5 Å². The van der Waals surface area contributed by atoms with Gasteiger partial charge in [-0.15, -0.1) is 10.2 Å². The maximum absolute atomic E-state index is 13.0. The second-order valence-corrected chi connectivity index (χ2v) is 7.43. The lowest BCUT2D eigenvalue weighted by atomic mass is 10.2. The van der Waals surface area contributed by atoms with Gasteiger partial charge in [-0.2, -0.15) is 4.98 Å². The van der Waals surface area contributed by atoms with Crippen molar-refractivity contribution in [3.8, 4) is 11.5 Å². The number of thioether (sulfide) groups is 1. The zero-order valence-corrected chi connectivity index (χ0v) is 14.8. The molecule has 0 atom stereocenters. The van der Waals surface area contributed by atoms with E-state index in [-0.39, 0.29) is 5.82 Å². The van der Waals surface area contributed by atoms with Crippen molar-refractivity contribution in [1.29, 1.82) is 0 Å². The topological polar surface area (TPSA) is 69.1 Å². The summed E-state index contributed by atoms with van der Waals surface area (Å²) in [7, 11) is 0. The summed E-state index contributed by atoms with van der Waals surface area (Å²) in [5, 5.41) is 13.3. The highest BCUT2D eigenvalue weighted by molar-refractivity contribution is 7.98. The van der Waals surface area contributed by atoms with Crippen molar-refractivity contribution in [2.24, 2.45) is 0 Å². The van der Waals surface area contributed by atoms with Gasteiger partial charge < -0.3 is 4.52 Å². The molecule has 26 heavy (non-hydrogen) atoms. The predicted octanol–water partition coefficient (Wildman–Crippen LogP) is 4.43. The van der Waals surface area contributed by atoms with Crippen LogP contribution in [0.15, 0.2) is 58.2 Å². The molecule has 2 aromatic carbocycles. The summed E-state index contributed by atoms with van der Waals surface area (Å²) in [4.78, 5) is 5.22. The lowest BCUT2D eigenvalue weighted by Crippen LogP contribution is -1.89. The summed E-state index contributed by atoms with van der Waals surface area (Å²) in [6, 6.07) is 14.1. The average Bonchev–Trinajstić information content (AvgIpc) is 3.36. The van der Waals surface area contributed by atoms with Crippen LogP contribution < -0.4 is 0 Å². The fraction of sp³-hybridized carbons (Fsp3) is 0.0588. The maximum atomic E-state index is 13.0. The Kier molecular flexibility index (Phi) is 3.68. The van der Waals surface area contributed by atoms with Crippen LogP contribution in [0.25, 0.3) is 26.6 Å². The van der Waals surface area contributed by atoms with E-state index in [9.17, 15) is 4.39 Å². The molecular formula is C17H10FN5OS2. The zero-order valence-electron chi connectivity index (χ0n) is 13.2. The fourth-order valence-electron chi connectivity index (χ4n) is 2.60. The standard InChI is InChI=1S/C17H10FN5OS2/c18-11-7-5-10(6-8-11)15-19-14(22-24-15)9-25-16-20-21-17-23(16)12-3-1-2-4-13(12)26-17/h1-8H,9H2. The smallest absolute Gasteiger partial charge is 0.257 e. The van der Waals surface area contributed by atoms with Crippen LogP contribution in [0.2, 0.25) is 0 Å². The van der Waals surface area contributed by atoms with Crippen LogP contribution in [0, 0.1) is 5.82 Å². The minimum absolute atomic E-state index is 0.303. The van der Waals surface area contributed by atoms with Crippen LogP contribution in [-0.2, 0) is 5.75 Å². The van der Waals surface area contributed by atoms with E-state index in [0.29, 0.717) is 23.0 Å². The summed E-state index contributed by atoms with van der Waals surface area (Å²) in [6.45, 7) is 0. The molecule has 0 spiro atoms. The van der Waals surface area contributed by atoms with Crippen LogP contribution in [0.1, 0.15) is 5.82 Å². The fourth-order valence-corrected chi connectivity index (χ4v) is 4.41. The number of hydrogen-bond donors (Lipinski definition) is 0. The first-order valence-electron chi connectivity index (χ1n) is 7.72. The molecule has 0 aliphatic rings. The zero-order chi connectivity index (χ0) is 17.5. The number of para-hydroxylation sites is 1. The van der Waals surface area contributed by atoms with Crippen molar-refractivity contribution in [2.45, 2.75) is 10.9 Å². The number of halogens is 1. The normalized spacial score (nSPS) is 11.6. The van der Waals surface area contributed by atoms with Gasteiger partial charge in [0.25, 0.3) is 5.89 Å². The van der Waals surface area contributed by atoms with Crippen molar-refractivity contribution < 1.29 is 8.91 Å². The molecule has 9 heteroatoms. The van der Waals surface area contributed by atoms with Gasteiger partial charge in [0, 0.05) is 5.56 Å². The number of hydrogen-bond acceptors (Lipinski definition) is 7. The van der Waals surface area contributed by atoms with E-state index in [0.717, 1.165) is 20.3 Å². The van der Waals surface area contributed by atoms with Crippen molar-refractivity contribution in [3.05, 3.63) is 60.2 Å². The summed E-state index contributed by atoms with van der Waals surface area (Å²) >= 11 is 3.09.